The third-order valence-electron chi connectivity index (χ3n) is 4.26. The van der Waals surface area contributed by atoms with Crippen molar-refractivity contribution in [1.29, 1.82) is 0 Å². The van der Waals surface area contributed by atoms with Crippen molar-refractivity contribution in [3.05, 3.63) is 106 Å². The molecule has 0 atom stereocenters. The fourth-order valence-electron chi connectivity index (χ4n) is 2.94. The van der Waals surface area contributed by atoms with E-state index in [-0.39, 0.29) is 16.9 Å². The highest BCUT2D eigenvalue weighted by atomic mass is 35.5. The molecule has 1 heterocycles. The number of esters is 1. The molecular weight excluding hydrogens is 381 g/mol. The van der Waals surface area contributed by atoms with Crippen LogP contribution in [0.25, 0.3) is 16.5 Å². The molecule has 0 saturated carbocycles. The minimum atomic E-state index is -0.690. The van der Waals surface area contributed by atoms with Crippen LogP contribution in [-0.2, 0) is 0 Å². The molecule has 0 spiro atoms. The van der Waals surface area contributed by atoms with E-state index in [1.165, 1.54) is 29.0 Å². The van der Waals surface area contributed by atoms with Crippen molar-refractivity contribution in [3.63, 3.8) is 0 Å². The fourth-order valence-corrected chi connectivity index (χ4v) is 3.07. The molecule has 4 nitrogen and oxygen atoms in total. The van der Waals surface area contributed by atoms with E-state index < -0.39 is 11.8 Å². The summed E-state index contributed by atoms with van der Waals surface area (Å²) in [6, 6.07) is 18.7. The predicted octanol–water partition coefficient (Wildman–Crippen LogP) is 5.00. The number of carbonyl (C=O) groups is 1. The molecule has 4 rings (SSSR count). The molecule has 1 aromatic heterocycles. The first kappa shape index (κ1) is 17.9. The Hall–Kier alpha value is -3.44. The van der Waals surface area contributed by atoms with E-state index in [0.29, 0.717) is 21.5 Å². The third kappa shape index (κ3) is 3.40. The van der Waals surface area contributed by atoms with Gasteiger partial charge in [0, 0.05) is 33.7 Å². The summed E-state index contributed by atoms with van der Waals surface area (Å²) in [5.41, 5.74) is 0.467. The summed E-state index contributed by atoms with van der Waals surface area (Å²) >= 11 is 5.93. The van der Waals surface area contributed by atoms with Crippen LogP contribution in [0.3, 0.4) is 0 Å². The number of hydrogen-bond donors (Lipinski definition) is 0. The number of ether oxygens (including phenoxy) is 1. The Morgan fingerprint density at radius 3 is 2.36 bits per heavy atom. The van der Waals surface area contributed by atoms with E-state index in [9.17, 15) is 14.0 Å². The van der Waals surface area contributed by atoms with Gasteiger partial charge in [-0.15, -0.1) is 0 Å². The van der Waals surface area contributed by atoms with Crippen LogP contribution >= 0.6 is 11.6 Å². The lowest BCUT2D eigenvalue weighted by Gasteiger charge is -2.12. The molecule has 6 heteroatoms. The van der Waals surface area contributed by atoms with Gasteiger partial charge in [-0.2, -0.15) is 0 Å². The number of pyridine rings is 1. The molecule has 0 unspecified atom stereocenters. The maximum Gasteiger partial charge on any atom is 0.345 e. The van der Waals surface area contributed by atoms with Crippen LogP contribution in [0, 0.1) is 5.82 Å². The molecule has 3 aromatic carbocycles. The summed E-state index contributed by atoms with van der Waals surface area (Å²) in [5.74, 6) is -1.12. The standard InChI is InChI=1S/C22H13ClFNO3/c23-14-8-10-16(11-9-14)25-13-20(18-6-1-2-7-19(18)21(25)26)22(27)28-17-5-3-4-15(24)12-17/h1-13H. The van der Waals surface area contributed by atoms with E-state index in [2.05, 4.69) is 0 Å². The minimum absolute atomic E-state index is 0.0818. The fraction of sp³-hybridized carbons (Fsp3) is 0. The Morgan fingerprint density at radius 1 is 0.929 bits per heavy atom. The van der Waals surface area contributed by atoms with Crippen molar-refractivity contribution >= 4 is 28.3 Å². The van der Waals surface area contributed by atoms with Crippen molar-refractivity contribution < 1.29 is 13.9 Å². The van der Waals surface area contributed by atoms with Crippen LogP contribution in [0.5, 0.6) is 5.75 Å². The molecule has 0 fully saturated rings. The number of aromatic nitrogens is 1. The van der Waals surface area contributed by atoms with E-state index in [1.807, 2.05) is 0 Å². The van der Waals surface area contributed by atoms with Crippen molar-refractivity contribution in [3.8, 4) is 11.4 Å². The van der Waals surface area contributed by atoms with E-state index in [0.717, 1.165) is 6.07 Å². The topological polar surface area (TPSA) is 48.3 Å². The maximum absolute atomic E-state index is 13.4. The zero-order chi connectivity index (χ0) is 19.7. The number of benzene rings is 3. The Morgan fingerprint density at radius 2 is 1.64 bits per heavy atom. The van der Waals surface area contributed by atoms with Crippen LogP contribution in [0.2, 0.25) is 5.02 Å². The second-order valence-electron chi connectivity index (χ2n) is 6.09. The summed E-state index contributed by atoms with van der Waals surface area (Å²) in [7, 11) is 0. The van der Waals surface area contributed by atoms with Gasteiger partial charge in [-0.25, -0.2) is 9.18 Å². The third-order valence-corrected chi connectivity index (χ3v) is 4.51. The van der Waals surface area contributed by atoms with Crippen LogP contribution in [0.15, 0.2) is 83.8 Å². The second kappa shape index (κ2) is 7.29. The summed E-state index contributed by atoms with van der Waals surface area (Å²) in [6.45, 7) is 0. The number of nitrogens with zero attached hydrogens (tertiary/aromatic N) is 1. The monoisotopic (exact) mass is 393 g/mol. The van der Waals surface area contributed by atoms with Gasteiger partial charge in [-0.1, -0.05) is 35.9 Å². The number of fused-ring (bicyclic) bond motifs is 1. The molecule has 0 aliphatic carbocycles. The maximum atomic E-state index is 13.4. The molecular formula is C22H13ClFNO3. The van der Waals surface area contributed by atoms with Crippen LogP contribution in [-0.4, -0.2) is 10.5 Å². The number of rotatable bonds is 3. The Bertz CT molecular complexity index is 1250. The van der Waals surface area contributed by atoms with Crippen molar-refractivity contribution in [2.75, 3.05) is 0 Å². The zero-order valence-electron chi connectivity index (χ0n) is 14.4. The molecule has 0 aliphatic rings. The van der Waals surface area contributed by atoms with Gasteiger partial charge in [0.25, 0.3) is 5.56 Å². The first-order valence-electron chi connectivity index (χ1n) is 8.41. The van der Waals surface area contributed by atoms with Gasteiger partial charge in [0.15, 0.2) is 0 Å². The molecule has 28 heavy (non-hydrogen) atoms. The van der Waals surface area contributed by atoms with E-state index in [1.54, 1.807) is 48.5 Å². The molecule has 0 saturated heterocycles. The van der Waals surface area contributed by atoms with Crippen molar-refractivity contribution in [2.45, 2.75) is 0 Å². The highest BCUT2D eigenvalue weighted by molar-refractivity contribution is 6.30. The van der Waals surface area contributed by atoms with Gasteiger partial charge in [0.05, 0.1) is 5.56 Å². The van der Waals surface area contributed by atoms with E-state index >= 15 is 0 Å². The lowest BCUT2D eigenvalue weighted by atomic mass is 10.1. The lowest BCUT2D eigenvalue weighted by molar-refractivity contribution is 0.0736. The molecule has 0 bridgehead atoms. The van der Waals surface area contributed by atoms with Gasteiger partial charge in [-0.05, 0) is 42.5 Å². The van der Waals surface area contributed by atoms with Crippen LogP contribution in [0.1, 0.15) is 10.4 Å². The average molecular weight is 394 g/mol. The van der Waals surface area contributed by atoms with Crippen LogP contribution < -0.4 is 10.3 Å². The lowest BCUT2D eigenvalue weighted by Crippen LogP contribution is -2.22. The smallest absolute Gasteiger partial charge is 0.345 e. The average Bonchev–Trinajstić information content (AvgIpc) is 2.69. The largest absolute Gasteiger partial charge is 0.423 e. The SMILES string of the molecule is O=C(Oc1cccc(F)c1)c1cn(-c2ccc(Cl)cc2)c(=O)c2ccccc12. The van der Waals surface area contributed by atoms with Crippen LogP contribution in [0.4, 0.5) is 4.39 Å². The van der Waals surface area contributed by atoms with Crippen molar-refractivity contribution in [2.24, 2.45) is 0 Å². The quantitative estimate of drug-likeness (QED) is 0.363. The minimum Gasteiger partial charge on any atom is -0.423 e. The predicted molar refractivity (Wildman–Crippen MR) is 106 cm³/mol. The Balaban J connectivity index is 1.87. The van der Waals surface area contributed by atoms with E-state index in [4.69, 9.17) is 16.3 Å². The Labute approximate surface area is 164 Å². The summed E-state index contributed by atoms with van der Waals surface area (Å²) in [6.07, 6.45) is 1.43. The molecule has 0 N–H and O–H groups in total. The molecule has 0 amide bonds. The van der Waals surface area contributed by atoms with Gasteiger partial charge in [-0.3, -0.25) is 9.36 Å². The molecule has 0 radical (unpaired) electrons. The molecule has 138 valence electrons. The number of carbonyl (C=O) groups excluding carboxylic acids is 1. The molecule has 4 aromatic rings. The number of hydrogen-bond acceptors (Lipinski definition) is 3. The van der Waals surface area contributed by atoms with Gasteiger partial charge in [0.2, 0.25) is 0 Å². The van der Waals surface area contributed by atoms with Gasteiger partial charge < -0.3 is 4.74 Å². The summed E-state index contributed by atoms with van der Waals surface area (Å²) in [5, 5.41) is 1.36. The second-order valence-corrected chi connectivity index (χ2v) is 6.52. The molecule has 0 aliphatic heterocycles. The normalized spacial score (nSPS) is 10.8. The zero-order valence-corrected chi connectivity index (χ0v) is 15.2. The first-order valence-corrected chi connectivity index (χ1v) is 8.79. The number of halogens is 2. The van der Waals surface area contributed by atoms with Gasteiger partial charge >= 0.3 is 5.97 Å². The first-order chi connectivity index (χ1) is 13.5. The Kier molecular flexibility index (Phi) is 4.67. The summed E-state index contributed by atoms with van der Waals surface area (Å²) < 4.78 is 20.1. The highest BCUT2D eigenvalue weighted by Crippen LogP contribution is 2.21. The van der Waals surface area contributed by atoms with Gasteiger partial charge in [0.1, 0.15) is 11.6 Å². The summed E-state index contributed by atoms with van der Waals surface area (Å²) in [4.78, 5) is 25.7. The van der Waals surface area contributed by atoms with Crippen molar-refractivity contribution in [1.82, 2.24) is 4.57 Å². The highest BCUT2D eigenvalue weighted by Gasteiger charge is 2.17.